The maximum atomic E-state index is 13.5. The third-order valence-corrected chi connectivity index (χ3v) is 6.42. The van der Waals surface area contributed by atoms with Gasteiger partial charge in [-0.15, -0.1) is 11.3 Å². The van der Waals surface area contributed by atoms with Crippen LogP contribution >= 0.6 is 11.3 Å². The van der Waals surface area contributed by atoms with Crippen LogP contribution in [0.15, 0.2) is 72.1 Å². The highest BCUT2D eigenvalue weighted by molar-refractivity contribution is 7.09. The van der Waals surface area contributed by atoms with Gasteiger partial charge in [0.2, 0.25) is 5.91 Å². The number of hydrogen-bond acceptors (Lipinski definition) is 3. The van der Waals surface area contributed by atoms with Gasteiger partial charge >= 0.3 is 0 Å². The van der Waals surface area contributed by atoms with Crippen molar-refractivity contribution >= 4 is 23.2 Å². The molecule has 0 aliphatic rings. The Bertz CT molecular complexity index is 986. The molecule has 162 valence electrons. The minimum absolute atomic E-state index is 0.0311. The molecule has 1 heterocycles. The second-order valence-electron chi connectivity index (χ2n) is 7.82. The first-order valence-electron chi connectivity index (χ1n) is 10.7. The van der Waals surface area contributed by atoms with E-state index in [0.29, 0.717) is 18.7 Å². The number of benzene rings is 2. The molecule has 5 heteroatoms. The van der Waals surface area contributed by atoms with Crippen LogP contribution < -0.4 is 0 Å². The topological polar surface area (TPSA) is 40.6 Å². The average molecular weight is 435 g/mol. The Labute approximate surface area is 189 Å². The molecule has 0 saturated heterocycles. The summed E-state index contributed by atoms with van der Waals surface area (Å²) in [5.41, 5.74) is 2.66. The highest BCUT2D eigenvalue weighted by Gasteiger charge is 2.26. The van der Waals surface area contributed by atoms with Crippen molar-refractivity contribution < 1.29 is 9.59 Å². The molecule has 2 amide bonds. The van der Waals surface area contributed by atoms with Crippen molar-refractivity contribution in [3.8, 4) is 0 Å². The van der Waals surface area contributed by atoms with Crippen molar-refractivity contribution in [1.29, 1.82) is 0 Å². The molecular weight excluding hydrogens is 404 g/mol. The molecule has 1 aromatic heterocycles. The van der Waals surface area contributed by atoms with Crippen LogP contribution in [0, 0.1) is 6.92 Å². The molecule has 0 aliphatic heterocycles. The Morgan fingerprint density at radius 2 is 1.65 bits per heavy atom. The number of thiophene rings is 1. The van der Waals surface area contributed by atoms with E-state index in [1.807, 2.05) is 97.8 Å². The van der Waals surface area contributed by atoms with E-state index in [1.165, 1.54) is 0 Å². The van der Waals surface area contributed by atoms with Gasteiger partial charge in [-0.2, -0.15) is 0 Å². The number of rotatable bonds is 9. The lowest BCUT2D eigenvalue weighted by atomic mass is 10.1. The summed E-state index contributed by atoms with van der Waals surface area (Å²) >= 11 is 1.64. The van der Waals surface area contributed by atoms with E-state index in [0.717, 1.165) is 22.4 Å². The number of amides is 2. The SMILES string of the molecule is CC[C@H](C)N(CC(=O)N(Cc1ccccc1)Cc1cccs1)C(=O)c1ccccc1C. The Morgan fingerprint density at radius 1 is 0.935 bits per heavy atom. The van der Waals surface area contributed by atoms with Gasteiger partial charge in [0.15, 0.2) is 0 Å². The molecule has 0 radical (unpaired) electrons. The maximum Gasteiger partial charge on any atom is 0.254 e. The highest BCUT2D eigenvalue weighted by Crippen LogP contribution is 2.18. The fourth-order valence-electron chi connectivity index (χ4n) is 3.49. The molecule has 0 spiro atoms. The van der Waals surface area contributed by atoms with Crippen molar-refractivity contribution in [3.05, 3.63) is 93.7 Å². The second-order valence-corrected chi connectivity index (χ2v) is 8.85. The average Bonchev–Trinajstić information content (AvgIpc) is 3.30. The molecular formula is C26H30N2O2S. The van der Waals surface area contributed by atoms with Crippen LogP contribution in [0.2, 0.25) is 0 Å². The van der Waals surface area contributed by atoms with Gasteiger partial charge < -0.3 is 9.80 Å². The molecule has 31 heavy (non-hydrogen) atoms. The molecule has 0 bridgehead atoms. The fraction of sp³-hybridized carbons (Fsp3) is 0.308. The third-order valence-electron chi connectivity index (χ3n) is 5.56. The Morgan fingerprint density at radius 3 is 2.29 bits per heavy atom. The van der Waals surface area contributed by atoms with Gasteiger partial charge in [0.1, 0.15) is 6.54 Å². The molecule has 0 N–H and O–H groups in total. The lowest BCUT2D eigenvalue weighted by Crippen LogP contribution is -2.46. The van der Waals surface area contributed by atoms with Crippen LogP contribution in [0.5, 0.6) is 0 Å². The number of aryl methyl sites for hydroxylation is 1. The van der Waals surface area contributed by atoms with E-state index >= 15 is 0 Å². The van der Waals surface area contributed by atoms with Crippen molar-refractivity contribution in [3.63, 3.8) is 0 Å². The van der Waals surface area contributed by atoms with E-state index < -0.39 is 0 Å². The predicted octanol–water partition coefficient (Wildman–Crippen LogP) is 5.53. The van der Waals surface area contributed by atoms with Gasteiger partial charge in [0.05, 0.1) is 6.54 Å². The van der Waals surface area contributed by atoms with E-state index in [2.05, 4.69) is 0 Å². The van der Waals surface area contributed by atoms with Crippen molar-refractivity contribution in [1.82, 2.24) is 9.80 Å². The van der Waals surface area contributed by atoms with Crippen molar-refractivity contribution in [2.24, 2.45) is 0 Å². The Balaban J connectivity index is 1.83. The van der Waals surface area contributed by atoms with E-state index in [9.17, 15) is 9.59 Å². The monoisotopic (exact) mass is 434 g/mol. The zero-order chi connectivity index (χ0) is 22.2. The summed E-state index contributed by atoms with van der Waals surface area (Å²) < 4.78 is 0. The zero-order valence-corrected chi connectivity index (χ0v) is 19.3. The van der Waals surface area contributed by atoms with Gasteiger partial charge in [-0.1, -0.05) is 61.5 Å². The first-order valence-corrected chi connectivity index (χ1v) is 11.6. The van der Waals surface area contributed by atoms with Gasteiger partial charge in [-0.05, 0) is 48.9 Å². The van der Waals surface area contributed by atoms with E-state index in [4.69, 9.17) is 0 Å². The minimum Gasteiger partial charge on any atom is -0.332 e. The molecule has 4 nitrogen and oxygen atoms in total. The van der Waals surface area contributed by atoms with Crippen LogP contribution in [0.3, 0.4) is 0 Å². The smallest absolute Gasteiger partial charge is 0.254 e. The van der Waals surface area contributed by atoms with E-state index in [1.54, 1.807) is 16.2 Å². The summed E-state index contributed by atoms with van der Waals surface area (Å²) in [7, 11) is 0. The highest BCUT2D eigenvalue weighted by atomic mass is 32.1. The molecule has 1 atom stereocenters. The van der Waals surface area contributed by atoms with Crippen LogP contribution in [0.1, 0.15) is 46.6 Å². The van der Waals surface area contributed by atoms with Gasteiger partial charge in [0, 0.05) is 23.0 Å². The summed E-state index contributed by atoms with van der Waals surface area (Å²) in [5.74, 6) is -0.129. The van der Waals surface area contributed by atoms with Crippen LogP contribution in [0.4, 0.5) is 0 Å². The standard InChI is InChI=1S/C26H30N2O2S/c1-4-21(3)28(26(30)24-15-9-8-11-20(24)2)19-25(29)27(18-23-14-10-16-31-23)17-22-12-6-5-7-13-22/h5-16,21H,4,17-19H2,1-3H3/t21-/m0/s1. The molecule has 3 aromatic rings. The quantitative estimate of drug-likeness (QED) is 0.444. The fourth-order valence-corrected chi connectivity index (χ4v) is 4.21. The first-order chi connectivity index (χ1) is 15.0. The third kappa shape index (κ3) is 6.05. The molecule has 3 rings (SSSR count). The number of carbonyl (C=O) groups is 2. The molecule has 0 saturated carbocycles. The number of carbonyl (C=O) groups excluding carboxylic acids is 2. The second kappa shape index (κ2) is 10.9. The van der Waals surface area contributed by atoms with Crippen LogP contribution in [-0.4, -0.2) is 34.2 Å². The number of nitrogens with zero attached hydrogens (tertiary/aromatic N) is 2. The molecule has 2 aromatic carbocycles. The largest absolute Gasteiger partial charge is 0.332 e. The lowest BCUT2D eigenvalue weighted by Gasteiger charge is -2.31. The summed E-state index contributed by atoms with van der Waals surface area (Å²) in [6.45, 7) is 7.11. The molecule has 0 fully saturated rings. The van der Waals surface area contributed by atoms with Gasteiger partial charge in [-0.3, -0.25) is 9.59 Å². The Kier molecular flexibility index (Phi) is 8.01. The Hall–Kier alpha value is -2.92. The maximum absolute atomic E-state index is 13.5. The summed E-state index contributed by atoms with van der Waals surface area (Å²) in [6.07, 6.45) is 0.786. The zero-order valence-electron chi connectivity index (χ0n) is 18.5. The normalized spacial score (nSPS) is 11.7. The van der Waals surface area contributed by atoms with Crippen LogP contribution in [-0.2, 0) is 17.9 Å². The summed E-state index contributed by atoms with van der Waals surface area (Å²) in [5, 5.41) is 2.02. The minimum atomic E-state index is -0.0865. The summed E-state index contributed by atoms with van der Waals surface area (Å²) in [4.78, 5) is 31.5. The number of hydrogen-bond donors (Lipinski definition) is 0. The summed E-state index contributed by atoms with van der Waals surface area (Å²) in [6, 6.07) is 21.6. The lowest BCUT2D eigenvalue weighted by molar-refractivity contribution is -0.133. The molecule has 0 aliphatic carbocycles. The van der Waals surface area contributed by atoms with Crippen molar-refractivity contribution in [2.75, 3.05) is 6.54 Å². The molecule has 0 unspecified atom stereocenters. The van der Waals surface area contributed by atoms with Gasteiger partial charge in [0.25, 0.3) is 5.91 Å². The first kappa shape index (κ1) is 22.8. The van der Waals surface area contributed by atoms with Crippen LogP contribution in [0.25, 0.3) is 0 Å². The predicted molar refractivity (Wildman–Crippen MR) is 127 cm³/mol. The van der Waals surface area contributed by atoms with Gasteiger partial charge in [-0.25, -0.2) is 0 Å². The van der Waals surface area contributed by atoms with Crippen molar-refractivity contribution in [2.45, 2.75) is 46.3 Å². The van der Waals surface area contributed by atoms with E-state index in [-0.39, 0.29) is 24.4 Å².